The number of methoxy groups -OCH3 is 1. The standard InChI is InChI=1S/C27H31N7O4/c1-15-22(33(4)32-30-15)17-12-20-21(29-14-17)25-24(26(31-38-25)27(2,3)35)34(20)23(16-7-10-37-11-8-16)19-13-18(36-5)6-9-28-19/h6,9,12-14,16,23,35H,7-8,10-11H2,1-5H3. The molecular formula is C27H31N7O4. The molecule has 38 heavy (non-hydrogen) atoms. The summed E-state index contributed by atoms with van der Waals surface area (Å²) in [6, 6.07) is 5.69. The summed E-state index contributed by atoms with van der Waals surface area (Å²) in [7, 11) is 3.52. The molecule has 5 aromatic rings. The van der Waals surface area contributed by atoms with Crippen molar-refractivity contribution in [3.8, 4) is 17.0 Å². The maximum absolute atomic E-state index is 11.1. The normalized spacial score (nSPS) is 15.9. The van der Waals surface area contributed by atoms with Crippen LogP contribution in [0.25, 0.3) is 33.4 Å². The fourth-order valence-electron chi connectivity index (χ4n) is 5.61. The van der Waals surface area contributed by atoms with Crippen molar-refractivity contribution in [2.75, 3.05) is 20.3 Å². The number of aliphatic hydroxyl groups is 1. The molecule has 1 saturated heterocycles. The second kappa shape index (κ2) is 9.17. The third kappa shape index (κ3) is 3.93. The van der Waals surface area contributed by atoms with Crippen LogP contribution in [0.3, 0.4) is 0 Å². The van der Waals surface area contributed by atoms with Gasteiger partial charge in [-0.2, -0.15) is 0 Å². The highest BCUT2D eigenvalue weighted by atomic mass is 16.5. The third-order valence-corrected chi connectivity index (χ3v) is 7.38. The molecule has 1 unspecified atom stereocenters. The molecule has 11 nitrogen and oxygen atoms in total. The zero-order valence-electron chi connectivity index (χ0n) is 22.2. The predicted molar refractivity (Wildman–Crippen MR) is 140 cm³/mol. The van der Waals surface area contributed by atoms with E-state index < -0.39 is 5.60 Å². The van der Waals surface area contributed by atoms with E-state index in [0.29, 0.717) is 35.5 Å². The molecule has 11 heteroatoms. The van der Waals surface area contributed by atoms with E-state index in [1.807, 2.05) is 26.1 Å². The first-order valence-electron chi connectivity index (χ1n) is 12.7. The van der Waals surface area contributed by atoms with Crippen molar-refractivity contribution in [1.29, 1.82) is 0 Å². The number of nitrogens with zero attached hydrogens (tertiary/aromatic N) is 7. The molecule has 6 rings (SSSR count). The summed E-state index contributed by atoms with van der Waals surface area (Å²) in [5.74, 6) is 0.929. The average Bonchev–Trinajstić information content (AvgIpc) is 3.58. The largest absolute Gasteiger partial charge is 0.497 e. The molecular weight excluding hydrogens is 486 g/mol. The number of fused-ring (bicyclic) bond motifs is 3. The van der Waals surface area contributed by atoms with Crippen molar-refractivity contribution in [2.45, 2.75) is 45.3 Å². The lowest BCUT2D eigenvalue weighted by Crippen LogP contribution is -2.28. The first kappa shape index (κ1) is 24.5. The molecule has 0 saturated carbocycles. The summed E-state index contributed by atoms with van der Waals surface area (Å²) in [5.41, 5.74) is 5.38. The van der Waals surface area contributed by atoms with Crippen molar-refractivity contribution < 1.29 is 19.1 Å². The summed E-state index contributed by atoms with van der Waals surface area (Å²) in [5, 5.41) is 23.8. The second-order valence-corrected chi connectivity index (χ2v) is 10.4. The molecule has 0 spiro atoms. The molecule has 0 radical (unpaired) electrons. The molecule has 1 N–H and O–H groups in total. The smallest absolute Gasteiger partial charge is 0.211 e. The Kier molecular flexibility index (Phi) is 5.92. The van der Waals surface area contributed by atoms with Gasteiger partial charge in [-0.05, 0) is 51.7 Å². The molecule has 5 aromatic heterocycles. The molecule has 1 atom stereocenters. The van der Waals surface area contributed by atoms with Gasteiger partial charge in [-0.1, -0.05) is 10.4 Å². The minimum Gasteiger partial charge on any atom is -0.497 e. The monoisotopic (exact) mass is 517 g/mol. The van der Waals surface area contributed by atoms with Crippen LogP contribution in [0.1, 0.15) is 49.8 Å². The molecule has 0 aromatic carbocycles. The zero-order chi connectivity index (χ0) is 26.6. The van der Waals surface area contributed by atoms with Crippen LogP contribution in [0.15, 0.2) is 35.1 Å². The fourth-order valence-corrected chi connectivity index (χ4v) is 5.61. The van der Waals surface area contributed by atoms with E-state index in [0.717, 1.165) is 46.8 Å². The van der Waals surface area contributed by atoms with Crippen molar-refractivity contribution in [3.63, 3.8) is 0 Å². The zero-order valence-corrected chi connectivity index (χ0v) is 22.2. The van der Waals surface area contributed by atoms with Crippen LogP contribution in [-0.4, -0.2) is 60.1 Å². The molecule has 1 fully saturated rings. The Morgan fingerprint density at radius 3 is 2.66 bits per heavy atom. The fraction of sp³-hybridized carbons (Fsp3) is 0.444. The van der Waals surface area contributed by atoms with Gasteiger partial charge in [-0.25, -0.2) is 9.67 Å². The van der Waals surface area contributed by atoms with Crippen molar-refractivity contribution in [1.82, 2.24) is 34.7 Å². The summed E-state index contributed by atoms with van der Waals surface area (Å²) in [6.45, 7) is 6.68. The van der Waals surface area contributed by atoms with Gasteiger partial charge in [0, 0.05) is 44.3 Å². The Bertz CT molecular complexity index is 1600. The van der Waals surface area contributed by atoms with E-state index in [1.165, 1.54) is 0 Å². The van der Waals surface area contributed by atoms with Gasteiger partial charge in [0.15, 0.2) is 0 Å². The lowest BCUT2D eigenvalue weighted by molar-refractivity contribution is 0.0541. The van der Waals surface area contributed by atoms with Crippen LogP contribution in [-0.2, 0) is 17.4 Å². The Morgan fingerprint density at radius 2 is 1.97 bits per heavy atom. The van der Waals surface area contributed by atoms with E-state index in [9.17, 15) is 5.11 Å². The van der Waals surface area contributed by atoms with Crippen molar-refractivity contribution in [3.05, 3.63) is 47.7 Å². The van der Waals surface area contributed by atoms with Crippen LogP contribution in [0.5, 0.6) is 5.75 Å². The number of aromatic nitrogens is 7. The van der Waals surface area contributed by atoms with Gasteiger partial charge >= 0.3 is 0 Å². The predicted octanol–water partition coefficient (Wildman–Crippen LogP) is 3.93. The van der Waals surface area contributed by atoms with Crippen LogP contribution in [0.2, 0.25) is 0 Å². The van der Waals surface area contributed by atoms with E-state index in [1.54, 1.807) is 38.0 Å². The number of rotatable bonds is 6. The molecule has 0 bridgehead atoms. The van der Waals surface area contributed by atoms with E-state index in [2.05, 4.69) is 26.1 Å². The summed E-state index contributed by atoms with van der Waals surface area (Å²) in [4.78, 5) is 9.65. The molecule has 1 aliphatic rings. The first-order chi connectivity index (χ1) is 18.3. The van der Waals surface area contributed by atoms with Crippen molar-refractivity contribution in [2.24, 2.45) is 13.0 Å². The van der Waals surface area contributed by atoms with Gasteiger partial charge in [0.05, 0.1) is 35.8 Å². The molecule has 198 valence electrons. The first-order valence-corrected chi connectivity index (χ1v) is 12.7. The molecule has 0 aliphatic carbocycles. The van der Waals surface area contributed by atoms with Crippen LogP contribution in [0.4, 0.5) is 0 Å². The number of hydrogen-bond acceptors (Lipinski definition) is 9. The SMILES string of the molecule is COc1ccnc(C(C2CCOCC2)n2c3cc(-c4c(C)nnn4C)cnc3c3onc(C(C)(C)O)c32)c1. The van der Waals surface area contributed by atoms with Gasteiger partial charge < -0.3 is 23.7 Å². The van der Waals surface area contributed by atoms with Crippen LogP contribution < -0.4 is 4.74 Å². The van der Waals surface area contributed by atoms with Gasteiger partial charge in [0.25, 0.3) is 0 Å². The summed E-state index contributed by atoms with van der Waals surface area (Å²) in [6.07, 6.45) is 5.27. The highest BCUT2D eigenvalue weighted by molar-refractivity contribution is 6.04. The lowest BCUT2D eigenvalue weighted by atomic mass is 9.88. The molecule has 6 heterocycles. The Hall–Kier alpha value is -3.83. The van der Waals surface area contributed by atoms with Gasteiger partial charge in [0.1, 0.15) is 28.1 Å². The van der Waals surface area contributed by atoms with E-state index in [4.69, 9.17) is 24.0 Å². The number of pyridine rings is 2. The second-order valence-electron chi connectivity index (χ2n) is 10.4. The third-order valence-electron chi connectivity index (χ3n) is 7.38. The molecule has 0 amide bonds. The summed E-state index contributed by atoms with van der Waals surface area (Å²) < 4.78 is 21.1. The van der Waals surface area contributed by atoms with E-state index >= 15 is 0 Å². The van der Waals surface area contributed by atoms with Gasteiger partial charge in [-0.15, -0.1) is 5.10 Å². The minimum atomic E-state index is -1.25. The number of hydrogen-bond donors (Lipinski definition) is 1. The number of aryl methyl sites for hydroxylation is 2. The minimum absolute atomic E-state index is 0.204. The Morgan fingerprint density at radius 1 is 1.18 bits per heavy atom. The average molecular weight is 518 g/mol. The maximum atomic E-state index is 11.1. The Balaban J connectivity index is 1.70. The lowest BCUT2D eigenvalue weighted by Gasteiger charge is -2.32. The van der Waals surface area contributed by atoms with Crippen LogP contribution >= 0.6 is 0 Å². The van der Waals surface area contributed by atoms with E-state index in [-0.39, 0.29) is 12.0 Å². The van der Waals surface area contributed by atoms with Gasteiger partial charge in [0.2, 0.25) is 5.58 Å². The van der Waals surface area contributed by atoms with Crippen LogP contribution in [0, 0.1) is 12.8 Å². The maximum Gasteiger partial charge on any atom is 0.211 e. The Labute approximate surface area is 219 Å². The quantitative estimate of drug-likeness (QED) is 0.356. The van der Waals surface area contributed by atoms with Gasteiger partial charge in [-0.3, -0.25) is 4.98 Å². The highest BCUT2D eigenvalue weighted by Gasteiger charge is 2.36. The van der Waals surface area contributed by atoms with Crippen molar-refractivity contribution >= 4 is 22.1 Å². The molecule has 1 aliphatic heterocycles. The summed E-state index contributed by atoms with van der Waals surface area (Å²) >= 11 is 0. The number of ether oxygens (including phenoxy) is 2. The highest BCUT2D eigenvalue weighted by Crippen LogP contribution is 2.43. The topological polar surface area (TPSA) is 126 Å².